The number of aliphatic carboxylic acids is 1. The second-order valence-electron chi connectivity index (χ2n) is 5.77. The Balaban J connectivity index is 2.66. The van der Waals surface area contributed by atoms with Gasteiger partial charge in [0.25, 0.3) is 0 Å². The summed E-state index contributed by atoms with van der Waals surface area (Å²) in [6, 6.07) is 4.54. The molecule has 5 heteroatoms. The first-order valence-corrected chi connectivity index (χ1v) is 7.06. The van der Waals surface area contributed by atoms with E-state index in [1.807, 2.05) is 0 Å². The number of nitrogens with zero attached hydrogens (tertiary/aromatic N) is 2. The molecule has 1 aromatic heterocycles. The standard InChI is InChI=1S/C16H20N2O3/c1-9(2)7-15-17-13-8-12(11(4)19)5-6-14(13)18(15)10(3)16(20)21/h5-6,8-10H,7H2,1-4H3,(H,20,21). The fraction of sp³-hybridized carbons (Fsp3) is 0.438. The van der Waals surface area contributed by atoms with Crippen molar-refractivity contribution in [2.24, 2.45) is 5.92 Å². The maximum Gasteiger partial charge on any atom is 0.326 e. The van der Waals surface area contributed by atoms with E-state index in [0.717, 1.165) is 11.3 Å². The van der Waals surface area contributed by atoms with Crippen molar-refractivity contribution in [3.63, 3.8) is 0 Å². The maximum atomic E-state index is 11.5. The summed E-state index contributed by atoms with van der Waals surface area (Å²) >= 11 is 0. The van der Waals surface area contributed by atoms with Crippen molar-refractivity contribution in [2.75, 3.05) is 0 Å². The number of imidazole rings is 1. The van der Waals surface area contributed by atoms with Crippen molar-refractivity contribution in [1.29, 1.82) is 0 Å². The van der Waals surface area contributed by atoms with Gasteiger partial charge in [0.1, 0.15) is 11.9 Å². The number of carbonyl (C=O) groups is 2. The van der Waals surface area contributed by atoms with Gasteiger partial charge in [-0.2, -0.15) is 0 Å². The molecule has 0 saturated heterocycles. The first kappa shape index (κ1) is 15.2. The number of aromatic nitrogens is 2. The predicted octanol–water partition coefficient (Wildman–Crippen LogP) is 3.08. The van der Waals surface area contributed by atoms with Crippen LogP contribution in [0.4, 0.5) is 0 Å². The number of ketones is 1. The number of carboxylic acid groups (broad SMARTS) is 1. The van der Waals surface area contributed by atoms with Gasteiger partial charge in [0.15, 0.2) is 5.78 Å². The van der Waals surface area contributed by atoms with Crippen LogP contribution in [0.15, 0.2) is 18.2 Å². The molecule has 0 aliphatic carbocycles. The van der Waals surface area contributed by atoms with Gasteiger partial charge in [-0.05, 0) is 38.0 Å². The number of hydrogen-bond acceptors (Lipinski definition) is 3. The minimum absolute atomic E-state index is 0.0249. The summed E-state index contributed by atoms with van der Waals surface area (Å²) in [6.07, 6.45) is 0.696. The Bertz CT molecular complexity index is 701. The molecule has 2 aromatic rings. The van der Waals surface area contributed by atoms with Crippen LogP contribution in [-0.4, -0.2) is 26.4 Å². The molecule has 21 heavy (non-hydrogen) atoms. The average molecular weight is 288 g/mol. The van der Waals surface area contributed by atoms with Crippen LogP contribution >= 0.6 is 0 Å². The SMILES string of the molecule is CC(=O)c1ccc2c(c1)nc(CC(C)C)n2C(C)C(=O)O. The van der Waals surface area contributed by atoms with E-state index >= 15 is 0 Å². The van der Waals surface area contributed by atoms with E-state index < -0.39 is 12.0 Å². The Kier molecular flexibility index (Phi) is 4.11. The van der Waals surface area contributed by atoms with Crippen LogP contribution in [0.5, 0.6) is 0 Å². The molecule has 0 saturated carbocycles. The molecule has 5 nitrogen and oxygen atoms in total. The van der Waals surface area contributed by atoms with Gasteiger partial charge in [-0.15, -0.1) is 0 Å². The van der Waals surface area contributed by atoms with Gasteiger partial charge in [-0.1, -0.05) is 13.8 Å². The number of hydrogen-bond donors (Lipinski definition) is 1. The summed E-state index contributed by atoms with van der Waals surface area (Å²) in [5.74, 6) is 0.197. The fourth-order valence-corrected chi connectivity index (χ4v) is 2.42. The van der Waals surface area contributed by atoms with Crippen molar-refractivity contribution < 1.29 is 14.7 Å². The number of fused-ring (bicyclic) bond motifs is 1. The molecule has 0 spiro atoms. The number of carboxylic acids is 1. The van der Waals surface area contributed by atoms with Gasteiger partial charge >= 0.3 is 5.97 Å². The summed E-state index contributed by atoms with van der Waals surface area (Å²) in [6.45, 7) is 7.28. The van der Waals surface area contributed by atoms with Gasteiger partial charge in [-0.3, -0.25) is 4.79 Å². The fourth-order valence-electron chi connectivity index (χ4n) is 2.42. The lowest BCUT2D eigenvalue weighted by Gasteiger charge is -2.14. The number of rotatable bonds is 5. The molecule has 0 fully saturated rings. The Morgan fingerprint density at radius 2 is 1.95 bits per heavy atom. The van der Waals surface area contributed by atoms with E-state index in [1.165, 1.54) is 6.92 Å². The molecule has 1 atom stereocenters. The highest BCUT2D eigenvalue weighted by molar-refractivity contribution is 5.97. The van der Waals surface area contributed by atoms with E-state index in [2.05, 4.69) is 18.8 Å². The molecular weight excluding hydrogens is 268 g/mol. The van der Waals surface area contributed by atoms with Crippen LogP contribution in [0.1, 0.15) is 49.9 Å². The maximum absolute atomic E-state index is 11.5. The van der Waals surface area contributed by atoms with Crippen LogP contribution in [0.3, 0.4) is 0 Å². The second kappa shape index (κ2) is 5.68. The van der Waals surface area contributed by atoms with Crippen molar-refractivity contribution >= 4 is 22.8 Å². The summed E-state index contributed by atoms with van der Waals surface area (Å²) < 4.78 is 1.75. The predicted molar refractivity (Wildman–Crippen MR) is 80.6 cm³/mol. The van der Waals surface area contributed by atoms with Crippen LogP contribution in [0, 0.1) is 5.92 Å². The normalized spacial score (nSPS) is 12.8. The lowest BCUT2D eigenvalue weighted by atomic mass is 10.1. The second-order valence-corrected chi connectivity index (χ2v) is 5.77. The Morgan fingerprint density at radius 3 is 2.48 bits per heavy atom. The molecule has 0 bridgehead atoms. The van der Waals surface area contributed by atoms with E-state index in [0.29, 0.717) is 23.4 Å². The molecule has 112 valence electrons. The van der Waals surface area contributed by atoms with E-state index in [1.54, 1.807) is 29.7 Å². The zero-order chi connectivity index (χ0) is 15.7. The molecule has 0 radical (unpaired) electrons. The zero-order valence-electron chi connectivity index (χ0n) is 12.8. The molecule has 1 N–H and O–H groups in total. The Hall–Kier alpha value is -2.17. The highest BCUT2D eigenvalue weighted by atomic mass is 16.4. The van der Waals surface area contributed by atoms with Crippen LogP contribution < -0.4 is 0 Å². The molecule has 1 heterocycles. The van der Waals surface area contributed by atoms with Crippen molar-refractivity contribution in [3.8, 4) is 0 Å². The molecule has 2 rings (SSSR count). The van der Waals surface area contributed by atoms with Gasteiger partial charge in [0, 0.05) is 12.0 Å². The molecular formula is C16H20N2O3. The first-order valence-electron chi connectivity index (χ1n) is 7.06. The highest BCUT2D eigenvalue weighted by Gasteiger charge is 2.21. The molecule has 0 aliphatic rings. The number of carbonyl (C=O) groups excluding carboxylic acids is 1. The van der Waals surface area contributed by atoms with Crippen molar-refractivity contribution in [3.05, 3.63) is 29.6 Å². The summed E-state index contributed by atoms with van der Waals surface area (Å²) in [5, 5.41) is 9.31. The van der Waals surface area contributed by atoms with Crippen LogP contribution in [0.25, 0.3) is 11.0 Å². The van der Waals surface area contributed by atoms with Gasteiger partial charge < -0.3 is 9.67 Å². The topological polar surface area (TPSA) is 72.2 Å². The Labute approximate surface area is 123 Å². The largest absolute Gasteiger partial charge is 0.480 e. The third kappa shape index (κ3) is 2.96. The summed E-state index contributed by atoms with van der Waals surface area (Å²) in [7, 11) is 0. The van der Waals surface area contributed by atoms with Crippen molar-refractivity contribution in [2.45, 2.75) is 40.2 Å². The third-order valence-corrected chi connectivity index (χ3v) is 3.50. The smallest absolute Gasteiger partial charge is 0.326 e. The molecule has 0 amide bonds. The van der Waals surface area contributed by atoms with Crippen LogP contribution in [0.2, 0.25) is 0 Å². The monoisotopic (exact) mass is 288 g/mol. The van der Waals surface area contributed by atoms with Crippen molar-refractivity contribution in [1.82, 2.24) is 9.55 Å². The lowest BCUT2D eigenvalue weighted by Crippen LogP contribution is -2.18. The molecule has 1 unspecified atom stereocenters. The summed E-state index contributed by atoms with van der Waals surface area (Å²) in [4.78, 5) is 27.4. The van der Waals surface area contributed by atoms with Gasteiger partial charge in [0.2, 0.25) is 0 Å². The quantitative estimate of drug-likeness (QED) is 0.858. The van der Waals surface area contributed by atoms with Crippen LogP contribution in [-0.2, 0) is 11.2 Å². The zero-order valence-corrected chi connectivity index (χ0v) is 12.8. The van der Waals surface area contributed by atoms with E-state index in [9.17, 15) is 14.7 Å². The highest BCUT2D eigenvalue weighted by Crippen LogP contribution is 2.24. The average Bonchev–Trinajstić information content (AvgIpc) is 2.73. The van der Waals surface area contributed by atoms with Gasteiger partial charge in [-0.25, -0.2) is 9.78 Å². The lowest BCUT2D eigenvalue weighted by molar-refractivity contribution is -0.140. The van der Waals surface area contributed by atoms with Gasteiger partial charge in [0.05, 0.1) is 11.0 Å². The first-order chi connectivity index (χ1) is 9.81. The molecule has 1 aromatic carbocycles. The van der Waals surface area contributed by atoms with E-state index in [-0.39, 0.29) is 5.78 Å². The number of benzene rings is 1. The van der Waals surface area contributed by atoms with E-state index in [4.69, 9.17) is 0 Å². The minimum atomic E-state index is -0.894. The third-order valence-electron chi connectivity index (χ3n) is 3.50. The number of Topliss-reactive ketones (excluding diaryl/α,β-unsaturated/α-hetero) is 1. The minimum Gasteiger partial charge on any atom is -0.480 e. The molecule has 0 aliphatic heterocycles. The Morgan fingerprint density at radius 1 is 1.29 bits per heavy atom. The summed E-state index contributed by atoms with van der Waals surface area (Å²) in [5.41, 5.74) is 2.02.